The zero-order valence-corrected chi connectivity index (χ0v) is 16.0. The number of fused-ring (bicyclic) bond motifs is 1. The van der Waals surface area contributed by atoms with Crippen LogP contribution in [0, 0.1) is 0 Å². The van der Waals surface area contributed by atoms with Crippen molar-refractivity contribution >= 4 is 51.5 Å². The Morgan fingerprint density at radius 1 is 0.857 bits per heavy atom. The molecule has 2 N–H and O–H groups in total. The third-order valence-electron chi connectivity index (χ3n) is 4.38. The second kappa shape index (κ2) is 7.50. The van der Waals surface area contributed by atoms with Crippen molar-refractivity contribution in [2.24, 2.45) is 0 Å². The molecule has 0 saturated carbocycles. The third-order valence-corrected chi connectivity index (χ3v) is 4.95. The lowest BCUT2D eigenvalue weighted by Gasteiger charge is -2.08. The van der Waals surface area contributed by atoms with Gasteiger partial charge in [0.15, 0.2) is 0 Å². The Hall–Kier alpha value is -3.08. The Labute approximate surface area is 171 Å². The summed E-state index contributed by atoms with van der Waals surface area (Å²) < 4.78 is 0. The molecule has 0 spiro atoms. The minimum atomic E-state index is -0.399. The molecule has 1 heterocycles. The largest absolute Gasteiger partial charge is 0.350 e. The maximum Gasteiger partial charge on any atom is 0.257 e. The summed E-state index contributed by atoms with van der Waals surface area (Å²) in [5.41, 5.74) is 2.16. The molecule has 3 aromatic carbocycles. The van der Waals surface area contributed by atoms with Crippen molar-refractivity contribution < 1.29 is 9.59 Å². The van der Waals surface area contributed by atoms with Gasteiger partial charge in [-0.05, 0) is 30.3 Å². The fourth-order valence-corrected chi connectivity index (χ4v) is 3.42. The van der Waals surface area contributed by atoms with Crippen LogP contribution in [0.1, 0.15) is 26.4 Å². The molecule has 28 heavy (non-hydrogen) atoms. The van der Waals surface area contributed by atoms with Gasteiger partial charge < -0.3 is 10.3 Å². The first kappa shape index (κ1) is 18.3. The van der Waals surface area contributed by atoms with Crippen LogP contribution in [0.25, 0.3) is 10.9 Å². The molecular formula is C22H14Cl2N2O2. The SMILES string of the molecule is O=C(Nc1c(C(=O)c2ccccc2)[nH]c2cc(Cl)ccc12)c1ccccc1Cl. The number of hydrogen-bond acceptors (Lipinski definition) is 2. The first-order chi connectivity index (χ1) is 13.5. The van der Waals surface area contributed by atoms with Gasteiger partial charge in [0.05, 0.1) is 16.3 Å². The number of benzene rings is 3. The number of amides is 1. The smallest absolute Gasteiger partial charge is 0.257 e. The van der Waals surface area contributed by atoms with Gasteiger partial charge in [0.2, 0.25) is 5.78 Å². The van der Waals surface area contributed by atoms with Gasteiger partial charge in [0.25, 0.3) is 5.91 Å². The number of H-pyrrole nitrogens is 1. The molecule has 138 valence electrons. The summed E-state index contributed by atoms with van der Waals surface area (Å²) in [6.45, 7) is 0. The van der Waals surface area contributed by atoms with Crippen molar-refractivity contribution in [2.75, 3.05) is 5.32 Å². The number of nitrogens with one attached hydrogen (secondary N) is 2. The monoisotopic (exact) mass is 408 g/mol. The highest BCUT2D eigenvalue weighted by Gasteiger charge is 2.22. The van der Waals surface area contributed by atoms with E-state index in [9.17, 15) is 9.59 Å². The van der Waals surface area contributed by atoms with Crippen molar-refractivity contribution in [1.82, 2.24) is 4.98 Å². The van der Waals surface area contributed by atoms with Crippen molar-refractivity contribution in [3.05, 3.63) is 99.7 Å². The van der Waals surface area contributed by atoms with E-state index in [1.165, 1.54) is 0 Å². The normalized spacial score (nSPS) is 10.8. The van der Waals surface area contributed by atoms with Crippen LogP contribution in [0.2, 0.25) is 10.0 Å². The maximum absolute atomic E-state index is 13.1. The molecule has 4 nitrogen and oxygen atoms in total. The molecule has 0 fully saturated rings. The highest BCUT2D eigenvalue weighted by atomic mass is 35.5. The lowest BCUT2D eigenvalue weighted by molar-refractivity contribution is 0.102. The molecule has 0 radical (unpaired) electrons. The topological polar surface area (TPSA) is 62.0 Å². The molecule has 0 aliphatic heterocycles. The molecule has 0 bridgehead atoms. The fraction of sp³-hybridized carbons (Fsp3) is 0. The van der Waals surface area contributed by atoms with Gasteiger partial charge in [0.1, 0.15) is 5.69 Å². The van der Waals surface area contributed by atoms with Crippen LogP contribution in [0.5, 0.6) is 0 Å². The Kier molecular flexibility index (Phi) is 4.90. The van der Waals surface area contributed by atoms with E-state index < -0.39 is 5.91 Å². The van der Waals surface area contributed by atoms with Gasteiger partial charge in [-0.3, -0.25) is 9.59 Å². The fourth-order valence-electron chi connectivity index (χ4n) is 3.03. The van der Waals surface area contributed by atoms with E-state index in [0.717, 1.165) is 0 Å². The van der Waals surface area contributed by atoms with E-state index >= 15 is 0 Å². The Bertz CT molecular complexity index is 1200. The third kappa shape index (κ3) is 3.40. The molecule has 4 aromatic rings. The van der Waals surface area contributed by atoms with E-state index in [1.807, 2.05) is 6.07 Å². The number of ketones is 1. The number of rotatable bonds is 4. The quantitative estimate of drug-likeness (QED) is 0.409. The molecule has 0 unspecified atom stereocenters. The summed E-state index contributed by atoms with van der Waals surface area (Å²) in [7, 11) is 0. The maximum atomic E-state index is 13.1. The number of anilines is 1. The van der Waals surface area contributed by atoms with E-state index in [4.69, 9.17) is 23.2 Å². The minimum absolute atomic E-state index is 0.234. The average Bonchev–Trinajstić information content (AvgIpc) is 3.05. The highest BCUT2D eigenvalue weighted by molar-refractivity contribution is 6.35. The van der Waals surface area contributed by atoms with Crippen LogP contribution in [0.3, 0.4) is 0 Å². The first-order valence-corrected chi connectivity index (χ1v) is 9.27. The predicted octanol–water partition coefficient (Wildman–Crippen LogP) is 5.96. The molecule has 1 aromatic heterocycles. The number of aromatic nitrogens is 1. The molecule has 0 aliphatic carbocycles. The molecule has 1 amide bonds. The highest BCUT2D eigenvalue weighted by Crippen LogP contribution is 2.32. The summed E-state index contributed by atoms with van der Waals surface area (Å²) in [4.78, 5) is 29.0. The van der Waals surface area contributed by atoms with E-state index in [2.05, 4.69) is 10.3 Å². The standard InChI is InChI=1S/C22H14Cl2N2O2/c23-14-10-11-16-18(12-14)25-20(21(27)13-6-2-1-3-7-13)19(16)26-22(28)15-8-4-5-9-17(15)24/h1-12,25H,(H,26,28). The molecule has 6 heteroatoms. The van der Waals surface area contributed by atoms with Crippen LogP contribution in [0.4, 0.5) is 5.69 Å². The first-order valence-electron chi connectivity index (χ1n) is 8.51. The van der Waals surface area contributed by atoms with Crippen molar-refractivity contribution in [3.63, 3.8) is 0 Å². The molecule has 4 rings (SSSR count). The molecular weight excluding hydrogens is 395 g/mol. The lowest BCUT2D eigenvalue weighted by Crippen LogP contribution is -2.15. The van der Waals surface area contributed by atoms with Crippen molar-refractivity contribution in [3.8, 4) is 0 Å². The van der Waals surface area contributed by atoms with Gasteiger partial charge in [-0.25, -0.2) is 0 Å². The van der Waals surface area contributed by atoms with Gasteiger partial charge in [0, 0.05) is 21.5 Å². The van der Waals surface area contributed by atoms with Gasteiger partial charge in [-0.1, -0.05) is 65.7 Å². The van der Waals surface area contributed by atoms with Crippen LogP contribution in [-0.4, -0.2) is 16.7 Å². The average molecular weight is 409 g/mol. The zero-order chi connectivity index (χ0) is 19.7. The number of halogens is 2. The molecule has 0 aliphatic rings. The summed E-state index contributed by atoms with van der Waals surface area (Å²) in [5, 5.41) is 4.38. The second-order valence-electron chi connectivity index (χ2n) is 6.19. The zero-order valence-electron chi connectivity index (χ0n) is 14.5. The lowest BCUT2D eigenvalue weighted by atomic mass is 10.1. The van der Waals surface area contributed by atoms with Crippen LogP contribution in [-0.2, 0) is 0 Å². The van der Waals surface area contributed by atoms with Crippen LogP contribution < -0.4 is 5.32 Å². The number of carbonyl (C=O) groups excluding carboxylic acids is 2. The minimum Gasteiger partial charge on any atom is -0.350 e. The number of carbonyl (C=O) groups is 2. The Balaban J connectivity index is 1.83. The predicted molar refractivity (Wildman–Crippen MR) is 113 cm³/mol. The Morgan fingerprint density at radius 3 is 2.32 bits per heavy atom. The van der Waals surface area contributed by atoms with Gasteiger partial charge in [-0.2, -0.15) is 0 Å². The van der Waals surface area contributed by atoms with Crippen LogP contribution in [0.15, 0.2) is 72.8 Å². The van der Waals surface area contributed by atoms with Crippen molar-refractivity contribution in [1.29, 1.82) is 0 Å². The van der Waals surface area contributed by atoms with Crippen molar-refractivity contribution in [2.45, 2.75) is 0 Å². The van der Waals surface area contributed by atoms with E-state index in [-0.39, 0.29) is 11.5 Å². The molecule has 0 atom stereocenters. The Morgan fingerprint density at radius 2 is 1.57 bits per heavy atom. The second-order valence-corrected chi connectivity index (χ2v) is 7.04. The van der Waals surface area contributed by atoms with Crippen LogP contribution >= 0.6 is 23.2 Å². The van der Waals surface area contributed by atoms with E-state index in [1.54, 1.807) is 66.7 Å². The summed E-state index contributed by atoms with van der Waals surface area (Å²) in [6, 6.07) is 20.8. The summed E-state index contributed by atoms with van der Waals surface area (Å²) in [6.07, 6.45) is 0. The van der Waals surface area contributed by atoms with E-state index in [0.29, 0.717) is 37.8 Å². The van der Waals surface area contributed by atoms with Gasteiger partial charge in [-0.15, -0.1) is 0 Å². The number of aromatic amines is 1. The number of hydrogen-bond donors (Lipinski definition) is 2. The van der Waals surface area contributed by atoms with Gasteiger partial charge >= 0.3 is 0 Å². The summed E-state index contributed by atoms with van der Waals surface area (Å²) in [5.74, 6) is -0.633. The summed E-state index contributed by atoms with van der Waals surface area (Å²) >= 11 is 12.2. The molecule has 0 saturated heterocycles.